The molecule has 0 N–H and O–H groups in total. The first-order chi connectivity index (χ1) is 21.4. The molecule has 0 radical (unpaired) electrons. The van der Waals surface area contributed by atoms with Crippen LogP contribution in [0.4, 0.5) is 11.5 Å². The number of rotatable bonds is 9. The van der Waals surface area contributed by atoms with Crippen molar-refractivity contribution in [2.45, 2.75) is 70.6 Å². The molecule has 238 valence electrons. The van der Waals surface area contributed by atoms with Gasteiger partial charge in [-0.05, 0) is 63.2 Å². The highest BCUT2D eigenvalue weighted by atomic mass is 32.1. The molecule has 1 aromatic heterocycles. The molecular weight excluding hydrogens is 582 g/mol. The number of nitrogens with zero attached hydrogens (tertiary/aromatic N) is 7. The summed E-state index contributed by atoms with van der Waals surface area (Å²) in [6.07, 6.45) is 6.17. The Kier molecular flexibility index (Phi) is 10.2. The average molecular weight is 628 g/mol. The third-order valence-electron chi connectivity index (χ3n) is 9.82. The van der Waals surface area contributed by atoms with Crippen LogP contribution in [0, 0.1) is 18.3 Å². The maximum Gasteiger partial charge on any atom is 0.318 e. The van der Waals surface area contributed by atoms with Gasteiger partial charge in [0.1, 0.15) is 12.4 Å². The first-order valence-electron chi connectivity index (χ1n) is 15.9. The van der Waals surface area contributed by atoms with Crippen molar-refractivity contribution < 1.29 is 9.53 Å². The summed E-state index contributed by atoms with van der Waals surface area (Å²) in [4.78, 5) is 31.4. The minimum absolute atomic E-state index is 0. The van der Waals surface area contributed by atoms with E-state index in [0.29, 0.717) is 44.8 Å². The quantitative estimate of drug-likeness (QED) is 0.307. The predicted octanol–water partition coefficient (Wildman–Crippen LogP) is 4.98. The molecule has 1 saturated carbocycles. The van der Waals surface area contributed by atoms with Gasteiger partial charge in [0.15, 0.2) is 0 Å². The summed E-state index contributed by atoms with van der Waals surface area (Å²) in [7, 11) is 2.18. The summed E-state index contributed by atoms with van der Waals surface area (Å²) in [5, 5.41) is 12.1. The largest absolute Gasteiger partial charge is 0.462 e. The van der Waals surface area contributed by atoms with Crippen molar-refractivity contribution in [2.24, 2.45) is 0 Å². The maximum absolute atomic E-state index is 12.6. The van der Waals surface area contributed by atoms with Gasteiger partial charge in [-0.2, -0.15) is 28.7 Å². The van der Waals surface area contributed by atoms with E-state index in [1.54, 1.807) is 4.90 Å². The number of benzene rings is 2. The molecule has 1 aliphatic carbocycles. The van der Waals surface area contributed by atoms with Crippen molar-refractivity contribution in [3.63, 3.8) is 0 Å². The average Bonchev–Trinajstić information content (AvgIpc) is 3.01. The van der Waals surface area contributed by atoms with Gasteiger partial charge in [-0.25, -0.2) is 0 Å². The number of amides is 1. The summed E-state index contributed by atoms with van der Waals surface area (Å²) >= 11 is 0. The summed E-state index contributed by atoms with van der Waals surface area (Å²) in [5.74, 6) is 0.733. The molecule has 0 spiro atoms. The Bertz CT molecular complexity index is 1580. The molecule has 0 bridgehead atoms. The molecule has 6 rings (SSSR count). The third kappa shape index (κ3) is 6.61. The van der Waals surface area contributed by atoms with Gasteiger partial charge in [0.25, 0.3) is 0 Å². The smallest absolute Gasteiger partial charge is 0.318 e. The second-order valence-corrected chi connectivity index (χ2v) is 12.5. The fourth-order valence-electron chi connectivity index (χ4n) is 6.89. The van der Waals surface area contributed by atoms with Crippen LogP contribution in [0.1, 0.15) is 49.4 Å². The van der Waals surface area contributed by atoms with Gasteiger partial charge in [0.2, 0.25) is 5.91 Å². The maximum atomic E-state index is 12.6. The van der Waals surface area contributed by atoms with Crippen LogP contribution in [0.15, 0.2) is 49.1 Å². The van der Waals surface area contributed by atoms with Crippen LogP contribution in [-0.2, 0) is 17.8 Å². The van der Waals surface area contributed by atoms with Crippen molar-refractivity contribution in [1.82, 2.24) is 19.8 Å². The molecule has 1 saturated heterocycles. The van der Waals surface area contributed by atoms with E-state index in [1.807, 2.05) is 0 Å². The topological polar surface area (TPSA) is 88.8 Å². The van der Waals surface area contributed by atoms with E-state index in [2.05, 4.69) is 84.6 Å². The lowest BCUT2D eigenvalue weighted by atomic mass is 9.91. The standard InChI is InChI=1S/C35H43N7O2.H2S/c1-5-32(43)42-20-19-41(21-28(42)15-17-36)34-29-16-18-40(31-14-7-11-26-10-6-9-24(2)33(26)31)22-30(29)37-35(38-34)44-23-25(3)39(4)27-12-8-13-27;/h5-7,9-11,14,25,27-28H,1,8,12-13,15-16,18-23H2,2-4H3;1H2/t25-,28?;/m0./s1. The van der Waals surface area contributed by atoms with Gasteiger partial charge in [0.05, 0.1) is 30.8 Å². The number of likely N-dealkylation sites (N-methyl/N-ethyl adjacent to an activating group) is 1. The summed E-state index contributed by atoms with van der Waals surface area (Å²) in [6.45, 7) is 11.7. The molecular formula is C35H45N7O2S. The van der Waals surface area contributed by atoms with Gasteiger partial charge in [-0.15, -0.1) is 0 Å². The van der Waals surface area contributed by atoms with Gasteiger partial charge >= 0.3 is 6.01 Å². The number of ether oxygens (including phenoxy) is 1. The van der Waals surface area contributed by atoms with Crippen molar-refractivity contribution in [1.29, 1.82) is 5.26 Å². The fraction of sp³-hybridized carbons (Fsp3) is 0.486. The minimum Gasteiger partial charge on any atom is -0.462 e. The molecule has 3 heterocycles. The highest BCUT2D eigenvalue weighted by molar-refractivity contribution is 7.59. The molecule has 9 nitrogen and oxygen atoms in total. The van der Waals surface area contributed by atoms with Gasteiger partial charge in [-0.1, -0.05) is 43.3 Å². The van der Waals surface area contributed by atoms with E-state index < -0.39 is 0 Å². The van der Waals surface area contributed by atoms with Crippen LogP contribution in [-0.4, -0.2) is 83.6 Å². The van der Waals surface area contributed by atoms with Crippen LogP contribution in [0.2, 0.25) is 0 Å². The predicted molar refractivity (Wildman–Crippen MR) is 184 cm³/mol. The van der Waals surface area contributed by atoms with Gasteiger partial charge < -0.3 is 19.4 Å². The van der Waals surface area contributed by atoms with E-state index in [4.69, 9.17) is 14.7 Å². The second kappa shape index (κ2) is 14.1. The fourth-order valence-corrected chi connectivity index (χ4v) is 6.89. The molecule has 2 atom stereocenters. The van der Waals surface area contributed by atoms with Crippen LogP contribution < -0.4 is 14.5 Å². The highest BCUT2D eigenvalue weighted by Crippen LogP contribution is 2.36. The van der Waals surface area contributed by atoms with Crippen LogP contribution in [0.25, 0.3) is 10.8 Å². The van der Waals surface area contributed by atoms with Crippen LogP contribution in [0.3, 0.4) is 0 Å². The Labute approximate surface area is 273 Å². The SMILES string of the molecule is C=CC(=O)N1CCN(c2nc(OC[C@H](C)N(C)C3CCC3)nc3c2CCN(c2cccc4cccc(C)c24)C3)CC1CC#N.S. The number of piperazine rings is 1. The number of fused-ring (bicyclic) bond motifs is 2. The number of aryl methyl sites for hydroxylation is 1. The van der Waals surface area contributed by atoms with Gasteiger partial charge in [-0.3, -0.25) is 9.69 Å². The molecule has 1 amide bonds. The third-order valence-corrected chi connectivity index (χ3v) is 9.82. The van der Waals surface area contributed by atoms with E-state index in [0.717, 1.165) is 30.0 Å². The number of carbonyl (C=O) groups excluding carboxylic acids is 1. The van der Waals surface area contributed by atoms with E-state index in [9.17, 15) is 10.1 Å². The monoisotopic (exact) mass is 627 g/mol. The zero-order valence-corrected chi connectivity index (χ0v) is 27.7. The lowest BCUT2D eigenvalue weighted by Crippen LogP contribution is -2.55. The summed E-state index contributed by atoms with van der Waals surface area (Å²) in [5.41, 5.74) is 4.58. The van der Waals surface area contributed by atoms with Crippen molar-refractivity contribution >= 4 is 41.7 Å². The number of hydrogen-bond donors (Lipinski definition) is 0. The van der Waals surface area contributed by atoms with Crippen molar-refractivity contribution in [3.8, 4) is 12.1 Å². The van der Waals surface area contributed by atoms with Crippen LogP contribution in [0.5, 0.6) is 6.01 Å². The van der Waals surface area contributed by atoms with Crippen molar-refractivity contribution in [2.75, 3.05) is 49.6 Å². The Morgan fingerprint density at radius 2 is 1.96 bits per heavy atom. The molecule has 2 aliphatic heterocycles. The number of nitriles is 1. The summed E-state index contributed by atoms with van der Waals surface area (Å²) < 4.78 is 6.35. The van der Waals surface area contributed by atoms with Crippen molar-refractivity contribution in [3.05, 3.63) is 65.9 Å². The molecule has 2 fully saturated rings. The second-order valence-electron chi connectivity index (χ2n) is 12.5. The molecule has 3 aliphatic rings. The number of carbonyl (C=O) groups is 1. The Morgan fingerprint density at radius 1 is 1.18 bits per heavy atom. The van der Waals surface area contributed by atoms with E-state index in [1.165, 1.54) is 47.4 Å². The first kappa shape index (κ1) is 32.6. The molecule has 45 heavy (non-hydrogen) atoms. The van der Waals surface area contributed by atoms with E-state index >= 15 is 0 Å². The zero-order chi connectivity index (χ0) is 30.8. The first-order valence-corrected chi connectivity index (χ1v) is 15.9. The molecule has 2 aromatic carbocycles. The number of hydrogen-bond acceptors (Lipinski definition) is 8. The lowest BCUT2D eigenvalue weighted by Gasteiger charge is -2.42. The number of aromatic nitrogens is 2. The summed E-state index contributed by atoms with van der Waals surface area (Å²) in [6, 6.07) is 16.3. The Balaban J connectivity index is 0.00000400. The Hall–Kier alpha value is -3.81. The molecule has 3 aromatic rings. The minimum atomic E-state index is -0.232. The lowest BCUT2D eigenvalue weighted by molar-refractivity contribution is -0.128. The zero-order valence-electron chi connectivity index (χ0n) is 26.7. The van der Waals surface area contributed by atoms with Crippen LogP contribution >= 0.6 is 13.5 Å². The van der Waals surface area contributed by atoms with E-state index in [-0.39, 0.29) is 37.9 Å². The normalized spacial score (nSPS) is 18.9. The Morgan fingerprint density at radius 3 is 2.67 bits per heavy atom. The highest BCUT2D eigenvalue weighted by Gasteiger charge is 2.34. The molecule has 1 unspecified atom stereocenters. The number of anilines is 2. The van der Waals surface area contributed by atoms with Gasteiger partial charge in [0, 0.05) is 54.9 Å². The molecule has 10 heteroatoms.